The summed E-state index contributed by atoms with van der Waals surface area (Å²) in [5, 5.41) is 3.77. The number of hydrogen-bond donors (Lipinski definition) is 1. The summed E-state index contributed by atoms with van der Waals surface area (Å²) in [4.78, 5) is 17.2. The lowest BCUT2D eigenvalue weighted by atomic mass is 10.2. The number of fused-ring (bicyclic) bond motifs is 1. The van der Waals surface area contributed by atoms with Gasteiger partial charge in [0.2, 0.25) is 0 Å². The zero-order valence-electron chi connectivity index (χ0n) is 9.27. The third kappa shape index (κ3) is 2.11. The number of pyridine rings is 1. The number of nitrogens with one attached hydrogen (secondary N) is 1. The molecule has 0 unspecified atom stereocenters. The Kier molecular flexibility index (Phi) is 2.72. The normalized spacial score (nSPS) is 10.1. The fourth-order valence-electron chi connectivity index (χ4n) is 1.36. The van der Waals surface area contributed by atoms with Crippen LogP contribution in [0.4, 0.5) is 10.6 Å². The number of carbonyl (C=O) groups is 1. The van der Waals surface area contributed by atoms with E-state index in [1.165, 1.54) is 4.90 Å². The van der Waals surface area contributed by atoms with Gasteiger partial charge in [-0.05, 0) is 18.2 Å². The van der Waals surface area contributed by atoms with Gasteiger partial charge >= 0.3 is 6.03 Å². The molecule has 4 nitrogen and oxygen atoms in total. The Hall–Kier alpha value is -2.10. The minimum atomic E-state index is -0.178. The van der Waals surface area contributed by atoms with E-state index in [-0.39, 0.29) is 6.03 Å². The summed E-state index contributed by atoms with van der Waals surface area (Å²) in [7, 11) is 3.38. The van der Waals surface area contributed by atoms with Crippen LogP contribution in [0, 0.1) is 0 Å². The van der Waals surface area contributed by atoms with Crippen LogP contribution in [0.15, 0.2) is 36.4 Å². The van der Waals surface area contributed by atoms with Crippen LogP contribution in [0.3, 0.4) is 0 Å². The van der Waals surface area contributed by atoms with Gasteiger partial charge < -0.3 is 4.90 Å². The molecule has 1 aromatic heterocycles. The maximum atomic E-state index is 11.4. The molecular weight excluding hydrogens is 202 g/mol. The topological polar surface area (TPSA) is 45.2 Å². The number of carbonyl (C=O) groups excluding carboxylic acids is 1. The number of para-hydroxylation sites is 1. The third-order valence-electron chi connectivity index (χ3n) is 2.24. The summed E-state index contributed by atoms with van der Waals surface area (Å²) in [6.45, 7) is 0. The van der Waals surface area contributed by atoms with Gasteiger partial charge in [0, 0.05) is 19.5 Å². The molecule has 0 atom stereocenters. The molecule has 0 fully saturated rings. The number of hydrogen-bond acceptors (Lipinski definition) is 2. The number of anilines is 1. The molecule has 1 aromatic carbocycles. The third-order valence-corrected chi connectivity index (χ3v) is 2.24. The smallest absolute Gasteiger partial charge is 0.322 e. The van der Waals surface area contributed by atoms with Gasteiger partial charge in [-0.15, -0.1) is 0 Å². The Morgan fingerprint density at radius 1 is 1.19 bits per heavy atom. The molecule has 0 aliphatic carbocycles. The lowest BCUT2D eigenvalue weighted by Crippen LogP contribution is -2.27. The van der Waals surface area contributed by atoms with Crippen molar-refractivity contribution < 1.29 is 4.79 Å². The van der Waals surface area contributed by atoms with Crippen LogP contribution in [0.5, 0.6) is 0 Å². The second kappa shape index (κ2) is 4.18. The van der Waals surface area contributed by atoms with Crippen LogP contribution in [-0.4, -0.2) is 30.0 Å². The second-order valence-corrected chi connectivity index (χ2v) is 3.71. The second-order valence-electron chi connectivity index (χ2n) is 3.71. The first-order valence-electron chi connectivity index (χ1n) is 5.01. The summed E-state index contributed by atoms with van der Waals surface area (Å²) >= 11 is 0. The van der Waals surface area contributed by atoms with Crippen LogP contribution >= 0.6 is 0 Å². The molecule has 4 heteroatoms. The SMILES string of the molecule is CN(C)C(=O)Nc1ccc2ccccc2n1. The lowest BCUT2D eigenvalue weighted by molar-refractivity contribution is 0.230. The standard InChI is InChI=1S/C12H13N3O/c1-15(2)12(16)14-11-8-7-9-5-3-4-6-10(9)13-11/h3-8H,1-2H3,(H,13,14,16). The van der Waals surface area contributed by atoms with E-state index in [9.17, 15) is 4.79 Å². The van der Waals surface area contributed by atoms with Crippen LogP contribution < -0.4 is 5.32 Å². The van der Waals surface area contributed by atoms with Crippen LogP contribution in [0.2, 0.25) is 0 Å². The first-order chi connectivity index (χ1) is 7.66. The molecule has 82 valence electrons. The first-order valence-corrected chi connectivity index (χ1v) is 5.01. The van der Waals surface area contributed by atoms with Gasteiger partial charge in [-0.2, -0.15) is 0 Å². The van der Waals surface area contributed by atoms with Gasteiger partial charge in [0.1, 0.15) is 5.82 Å². The number of urea groups is 1. The molecule has 0 bridgehead atoms. The van der Waals surface area contributed by atoms with Gasteiger partial charge in [-0.1, -0.05) is 18.2 Å². The molecule has 0 aliphatic heterocycles. The average molecular weight is 215 g/mol. The summed E-state index contributed by atoms with van der Waals surface area (Å²) < 4.78 is 0. The van der Waals surface area contributed by atoms with E-state index in [4.69, 9.17) is 0 Å². The number of nitrogens with zero attached hydrogens (tertiary/aromatic N) is 2. The van der Waals surface area contributed by atoms with Gasteiger partial charge in [0.05, 0.1) is 5.52 Å². The summed E-state index contributed by atoms with van der Waals surface area (Å²) in [5.41, 5.74) is 0.874. The van der Waals surface area contributed by atoms with E-state index in [1.54, 1.807) is 20.2 Å². The largest absolute Gasteiger partial charge is 0.331 e. The van der Waals surface area contributed by atoms with Crippen LogP contribution in [0.1, 0.15) is 0 Å². The molecule has 0 spiro atoms. The Labute approximate surface area is 93.9 Å². The van der Waals surface area contributed by atoms with Crippen molar-refractivity contribution in [3.63, 3.8) is 0 Å². The number of amides is 2. The van der Waals surface area contributed by atoms with E-state index in [2.05, 4.69) is 10.3 Å². The van der Waals surface area contributed by atoms with Crippen molar-refractivity contribution in [3.05, 3.63) is 36.4 Å². The summed E-state index contributed by atoms with van der Waals surface area (Å²) in [6.07, 6.45) is 0. The minimum Gasteiger partial charge on any atom is -0.331 e. The highest BCUT2D eigenvalue weighted by molar-refractivity contribution is 5.89. The molecule has 1 N–H and O–H groups in total. The van der Waals surface area contributed by atoms with Gasteiger partial charge in [0.25, 0.3) is 0 Å². The van der Waals surface area contributed by atoms with Crippen molar-refractivity contribution in [2.24, 2.45) is 0 Å². The molecule has 0 aliphatic rings. The summed E-state index contributed by atoms with van der Waals surface area (Å²) in [6, 6.07) is 11.3. The highest BCUT2D eigenvalue weighted by atomic mass is 16.2. The van der Waals surface area contributed by atoms with Crippen LogP contribution in [-0.2, 0) is 0 Å². The van der Waals surface area contributed by atoms with Crippen molar-refractivity contribution in [1.29, 1.82) is 0 Å². The Bertz CT molecular complexity index is 522. The Morgan fingerprint density at radius 3 is 2.69 bits per heavy atom. The van der Waals surface area contributed by atoms with E-state index in [0.29, 0.717) is 5.82 Å². The van der Waals surface area contributed by atoms with E-state index >= 15 is 0 Å². The molecule has 2 rings (SSSR count). The maximum absolute atomic E-state index is 11.4. The molecule has 16 heavy (non-hydrogen) atoms. The zero-order chi connectivity index (χ0) is 11.5. The van der Waals surface area contributed by atoms with E-state index in [0.717, 1.165) is 10.9 Å². The highest BCUT2D eigenvalue weighted by Gasteiger charge is 2.04. The number of aromatic nitrogens is 1. The van der Waals surface area contributed by atoms with Gasteiger partial charge in [-0.3, -0.25) is 5.32 Å². The van der Waals surface area contributed by atoms with Crippen molar-refractivity contribution in [2.75, 3.05) is 19.4 Å². The predicted octanol–water partition coefficient (Wildman–Crippen LogP) is 2.33. The fourth-order valence-corrected chi connectivity index (χ4v) is 1.36. The van der Waals surface area contributed by atoms with E-state index in [1.807, 2.05) is 30.3 Å². The van der Waals surface area contributed by atoms with Crippen molar-refractivity contribution in [1.82, 2.24) is 9.88 Å². The summed E-state index contributed by atoms with van der Waals surface area (Å²) in [5.74, 6) is 0.567. The zero-order valence-corrected chi connectivity index (χ0v) is 9.27. The van der Waals surface area contributed by atoms with E-state index < -0.39 is 0 Å². The number of rotatable bonds is 1. The van der Waals surface area contributed by atoms with Crippen molar-refractivity contribution in [2.45, 2.75) is 0 Å². The molecule has 0 saturated carbocycles. The van der Waals surface area contributed by atoms with Gasteiger partial charge in [0.15, 0.2) is 0 Å². The molecule has 0 saturated heterocycles. The quantitative estimate of drug-likeness (QED) is 0.793. The van der Waals surface area contributed by atoms with Crippen molar-refractivity contribution >= 4 is 22.8 Å². The molecule has 0 radical (unpaired) electrons. The lowest BCUT2D eigenvalue weighted by Gasteiger charge is -2.11. The predicted molar refractivity (Wildman–Crippen MR) is 64.4 cm³/mol. The molecule has 2 amide bonds. The molecule has 2 aromatic rings. The molecular formula is C12H13N3O. The first kappa shape index (κ1) is 10.4. The number of benzene rings is 1. The average Bonchev–Trinajstić information content (AvgIpc) is 2.28. The fraction of sp³-hybridized carbons (Fsp3) is 0.167. The van der Waals surface area contributed by atoms with Crippen LogP contribution in [0.25, 0.3) is 10.9 Å². The minimum absolute atomic E-state index is 0.178. The Balaban J connectivity index is 2.29. The Morgan fingerprint density at radius 2 is 1.94 bits per heavy atom. The van der Waals surface area contributed by atoms with Crippen molar-refractivity contribution in [3.8, 4) is 0 Å². The monoisotopic (exact) mass is 215 g/mol. The van der Waals surface area contributed by atoms with Gasteiger partial charge in [-0.25, -0.2) is 9.78 Å². The highest BCUT2D eigenvalue weighted by Crippen LogP contribution is 2.14. The molecule has 1 heterocycles. The maximum Gasteiger partial charge on any atom is 0.322 e.